The van der Waals surface area contributed by atoms with E-state index in [1.165, 1.54) is 0 Å². The van der Waals surface area contributed by atoms with Crippen molar-refractivity contribution in [2.75, 3.05) is 46.3 Å². The molecule has 1 amide bonds. The number of hydrogen-bond donors (Lipinski definition) is 3. The fourth-order valence-corrected chi connectivity index (χ4v) is 2.70. The molecule has 0 aliphatic heterocycles. The third kappa shape index (κ3) is 8.34. The van der Waals surface area contributed by atoms with Crippen molar-refractivity contribution >= 4 is 11.9 Å². The van der Waals surface area contributed by atoms with Crippen LogP contribution in [0.4, 0.5) is 0 Å². The Labute approximate surface area is 158 Å². The van der Waals surface area contributed by atoms with Crippen LogP contribution in [0, 0.1) is 0 Å². The quantitative estimate of drug-likeness (QED) is 0.320. The fraction of sp³-hybridized carbons (Fsp3) is 0.600. The number of guanidine groups is 1. The smallest absolute Gasteiger partial charge is 0.251 e. The van der Waals surface area contributed by atoms with Gasteiger partial charge in [0.2, 0.25) is 0 Å². The summed E-state index contributed by atoms with van der Waals surface area (Å²) in [5, 5.41) is 9.31. The van der Waals surface area contributed by atoms with E-state index in [1.807, 2.05) is 24.3 Å². The number of amides is 1. The van der Waals surface area contributed by atoms with Crippen molar-refractivity contribution in [2.45, 2.75) is 33.6 Å². The van der Waals surface area contributed by atoms with Crippen LogP contribution >= 0.6 is 0 Å². The van der Waals surface area contributed by atoms with Crippen LogP contribution in [0.5, 0.6) is 0 Å². The van der Waals surface area contributed by atoms with Crippen LogP contribution in [0.15, 0.2) is 29.3 Å². The van der Waals surface area contributed by atoms with Crippen LogP contribution in [0.2, 0.25) is 0 Å². The highest BCUT2D eigenvalue weighted by atomic mass is 16.1. The molecule has 0 unspecified atom stereocenters. The lowest BCUT2D eigenvalue weighted by molar-refractivity contribution is 0.0963. The van der Waals surface area contributed by atoms with E-state index in [9.17, 15) is 4.79 Å². The number of carbonyl (C=O) groups excluding carboxylic acids is 1. The first-order valence-corrected chi connectivity index (χ1v) is 9.70. The second-order valence-corrected chi connectivity index (χ2v) is 6.10. The molecule has 26 heavy (non-hydrogen) atoms. The second kappa shape index (κ2) is 13.2. The van der Waals surface area contributed by atoms with Crippen LogP contribution in [0.3, 0.4) is 0 Å². The molecule has 1 aromatic carbocycles. The topological polar surface area (TPSA) is 68.8 Å². The molecule has 0 atom stereocenters. The molecule has 0 radical (unpaired) electrons. The molecule has 1 rings (SSSR count). The Morgan fingerprint density at radius 1 is 1.15 bits per heavy atom. The predicted octanol–water partition coefficient (Wildman–Crippen LogP) is 1.88. The van der Waals surface area contributed by atoms with Crippen molar-refractivity contribution in [2.24, 2.45) is 4.99 Å². The van der Waals surface area contributed by atoms with Gasteiger partial charge in [-0.3, -0.25) is 9.79 Å². The maximum Gasteiger partial charge on any atom is 0.251 e. The van der Waals surface area contributed by atoms with Crippen molar-refractivity contribution in [1.82, 2.24) is 20.9 Å². The molecule has 0 heterocycles. The zero-order valence-corrected chi connectivity index (χ0v) is 16.8. The molecule has 0 aromatic heterocycles. The van der Waals surface area contributed by atoms with Gasteiger partial charge < -0.3 is 20.9 Å². The van der Waals surface area contributed by atoms with Gasteiger partial charge in [0.1, 0.15) is 0 Å². The molecule has 6 heteroatoms. The SMILES string of the molecule is CCNC(=NCCCN(CC)CC)NCCc1cccc(C(=O)NC)c1. The van der Waals surface area contributed by atoms with Gasteiger partial charge in [0.25, 0.3) is 5.91 Å². The Balaban J connectivity index is 2.45. The summed E-state index contributed by atoms with van der Waals surface area (Å²) in [7, 11) is 1.65. The predicted molar refractivity (Wildman–Crippen MR) is 110 cm³/mol. The number of nitrogens with one attached hydrogen (secondary N) is 3. The van der Waals surface area contributed by atoms with E-state index >= 15 is 0 Å². The lowest BCUT2D eigenvalue weighted by Gasteiger charge is -2.17. The van der Waals surface area contributed by atoms with Gasteiger partial charge in [0.15, 0.2) is 5.96 Å². The van der Waals surface area contributed by atoms with Gasteiger partial charge in [-0.15, -0.1) is 0 Å². The Bertz CT molecular complexity index is 555. The average Bonchev–Trinajstić information content (AvgIpc) is 2.67. The normalized spacial score (nSPS) is 11.5. The van der Waals surface area contributed by atoms with Gasteiger partial charge in [0.05, 0.1) is 0 Å². The van der Waals surface area contributed by atoms with Gasteiger partial charge in [0, 0.05) is 32.2 Å². The van der Waals surface area contributed by atoms with E-state index in [1.54, 1.807) is 7.05 Å². The molecule has 3 N–H and O–H groups in total. The third-order valence-electron chi connectivity index (χ3n) is 4.26. The van der Waals surface area contributed by atoms with Gasteiger partial charge in [-0.1, -0.05) is 26.0 Å². The molecule has 1 aromatic rings. The lowest BCUT2D eigenvalue weighted by atomic mass is 10.1. The van der Waals surface area contributed by atoms with Crippen molar-refractivity contribution < 1.29 is 4.79 Å². The zero-order chi connectivity index (χ0) is 19.2. The van der Waals surface area contributed by atoms with E-state index in [2.05, 4.69) is 46.6 Å². The molecule has 0 spiro atoms. The van der Waals surface area contributed by atoms with E-state index in [-0.39, 0.29) is 5.91 Å². The summed E-state index contributed by atoms with van der Waals surface area (Å²) in [6.07, 6.45) is 1.90. The minimum Gasteiger partial charge on any atom is -0.357 e. The molecule has 146 valence electrons. The average molecular weight is 362 g/mol. The second-order valence-electron chi connectivity index (χ2n) is 6.10. The Morgan fingerprint density at radius 2 is 1.92 bits per heavy atom. The van der Waals surface area contributed by atoms with Crippen molar-refractivity contribution in [3.05, 3.63) is 35.4 Å². The van der Waals surface area contributed by atoms with Crippen LogP contribution < -0.4 is 16.0 Å². The number of benzene rings is 1. The third-order valence-corrected chi connectivity index (χ3v) is 4.26. The number of nitrogens with zero attached hydrogens (tertiary/aromatic N) is 2. The number of aliphatic imine (C=N–C) groups is 1. The van der Waals surface area contributed by atoms with E-state index < -0.39 is 0 Å². The van der Waals surface area contributed by atoms with Gasteiger partial charge >= 0.3 is 0 Å². The van der Waals surface area contributed by atoms with Crippen LogP contribution in [-0.4, -0.2) is 63.1 Å². The number of hydrogen-bond acceptors (Lipinski definition) is 3. The first-order valence-electron chi connectivity index (χ1n) is 9.70. The van der Waals surface area contributed by atoms with Gasteiger partial charge in [-0.05, 0) is 57.1 Å². The van der Waals surface area contributed by atoms with Crippen molar-refractivity contribution in [3.8, 4) is 0 Å². The standard InChI is InChI=1S/C20H35N5O/c1-5-22-20(23-13-9-15-25(6-2)7-3)24-14-12-17-10-8-11-18(16-17)19(26)21-4/h8,10-11,16H,5-7,9,12-15H2,1-4H3,(H,21,26)(H2,22,23,24). The minimum atomic E-state index is -0.0529. The summed E-state index contributed by atoms with van der Waals surface area (Å²) < 4.78 is 0. The van der Waals surface area contributed by atoms with Crippen LogP contribution in [0.1, 0.15) is 43.1 Å². The summed E-state index contributed by atoms with van der Waals surface area (Å²) in [6, 6.07) is 7.74. The van der Waals surface area contributed by atoms with E-state index in [0.717, 1.165) is 63.6 Å². The maximum atomic E-state index is 11.7. The molecule has 0 fully saturated rings. The molecular weight excluding hydrogens is 326 g/mol. The Kier molecular flexibility index (Phi) is 11.1. The van der Waals surface area contributed by atoms with Crippen molar-refractivity contribution in [3.63, 3.8) is 0 Å². The van der Waals surface area contributed by atoms with Crippen molar-refractivity contribution in [1.29, 1.82) is 0 Å². The Hall–Kier alpha value is -2.08. The first-order chi connectivity index (χ1) is 12.6. The summed E-state index contributed by atoms with van der Waals surface area (Å²) in [6.45, 7) is 12.2. The monoisotopic (exact) mass is 361 g/mol. The van der Waals surface area contributed by atoms with E-state index in [4.69, 9.17) is 0 Å². The molecule has 0 saturated carbocycles. The van der Waals surface area contributed by atoms with Crippen LogP contribution in [0.25, 0.3) is 0 Å². The van der Waals surface area contributed by atoms with Crippen LogP contribution in [-0.2, 0) is 6.42 Å². The number of carbonyl (C=O) groups is 1. The largest absolute Gasteiger partial charge is 0.357 e. The van der Waals surface area contributed by atoms with Gasteiger partial charge in [-0.25, -0.2) is 0 Å². The molecule has 0 bridgehead atoms. The van der Waals surface area contributed by atoms with E-state index in [0.29, 0.717) is 5.56 Å². The van der Waals surface area contributed by atoms with Gasteiger partial charge in [-0.2, -0.15) is 0 Å². The molecule has 0 saturated heterocycles. The lowest BCUT2D eigenvalue weighted by Crippen LogP contribution is -2.38. The molecule has 6 nitrogen and oxygen atoms in total. The number of rotatable bonds is 11. The highest BCUT2D eigenvalue weighted by Crippen LogP contribution is 2.05. The first kappa shape index (κ1) is 22.0. The summed E-state index contributed by atoms with van der Waals surface area (Å²) in [4.78, 5) is 18.8. The maximum absolute atomic E-state index is 11.7. The fourth-order valence-electron chi connectivity index (χ4n) is 2.70. The molecular formula is C20H35N5O. The zero-order valence-electron chi connectivity index (χ0n) is 16.8. The highest BCUT2D eigenvalue weighted by Gasteiger charge is 2.04. The molecule has 0 aliphatic rings. The summed E-state index contributed by atoms with van der Waals surface area (Å²) in [5.41, 5.74) is 1.83. The highest BCUT2D eigenvalue weighted by molar-refractivity contribution is 5.94. The minimum absolute atomic E-state index is 0.0529. The summed E-state index contributed by atoms with van der Waals surface area (Å²) >= 11 is 0. The molecule has 0 aliphatic carbocycles. The summed E-state index contributed by atoms with van der Waals surface area (Å²) in [5.74, 6) is 0.803. The Morgan fingerprint density at radius 3 is 2.58 bits per heavy atom.